The van der Waals surface area contributed by atoms with E-state index in [4.69, 9.17) is 9.47 Å². The molecule has 1 saturated heterocycles. The number of H-pyrrole nitrogens is 1. The lowest BCUT2D eigenvalue weighted by atomic mass is 10.1. The number of aromatic amines is 1. The van der Waals surface area contributed by atoms with Crippen molar-refractivity contribution >= 4 is 5.91 Å². The molecule has 0 bridgehead atoms. The third-order valence-electron chi connectivity index (χ3n) is 4.40. The monoisotopic (exact) mass is 357 g/mol. The molecule has 1 N–H and O–H groups in total. The number of aromatic nitrogens is 2. The molecule has 138 valence electrons. The minimum atomic E-state index is -0.159. The SMILES string of the molecule is COCc1ccc(C(=O)N2CCO[C@@H](CCc3cc(=O)[nH]cn3)C2)cc1. The molecule has 2 heterocycles. The molecule has 1 aromatic heterocycles. The van der Waals surface area contributed by atoms with E-state index in [0.29, 0.717) is 44.7 Å². The van der Waals surface area contributed by atoms with E-state index >= 15 is 0 Å². The Kier molecular flexibility index (Phi) is 6.14. The van der Waals surface area contributed by atoms with Crippen LogP contribution in [0.5, 0.6) is 0 Å². The maximum absolute atomic E-state index is 12.7. The quantitative estimate of drug-likeness (QED) is 0.845. The van der Waals surface area contributed by atoms with Crippen LogP contribution in [0.25, 0.3) is 0 Å². The van der Waals surface area contributed by atoms with Gasteiger partial charge in [-0.05, 0) is 30.5 Å². The summed E-state index contributed by atoms with van der Waals surface area (Å²) in [5.41, 5.74) is 2.28. The summed E-state index contributed by atoms with van der Waals surface area (Å²) >= 11 is 0. The fourth-order valence-corrected chi connectivity index (χ4v) is 3.03. The molecule has 0 saturated carbocycles. The number of carbonyl (C=O) groups is 1. The predicted molar refractivity (Wildman–Crippen MR) is 96.0 cm³/mol. The van der Waals surface area contributed by atoms with E-state index in [1.807, 2.05) is 29.2 Å². The topological polar surface area (TPSA) is 84.5 Å². The first-order valence-electron chi connectivity index (χ1n) is 8.68. The van der Waals surface area contributed by atoms with Gasteiger partial charge in [0.1, 0.15) is 0 Å². The molecule has 1 aliphatic heterocycles. The molecule has 2 aromatic rings. The van der Waals surface area contributed by atoms with Gasteiger partial charge in [-0.25, -0.2) is 4.98 Å². The number of morpholine rings is 1. The van der Waals surface area contributed by atoms with Crippen molar-refractivity contribution in [2.75, 3.05) is 26.8 Å². The second-order valence-electron chi connectivity index (χ2n) is 6.32. The number of hydrogen-bond acceptors (Lipinski definition) is 5. The van der Waals surface area contributed by atoms with Gasteiger partial charge in [-0.3, -0.25) is 9.59 Å². The van der Waals surface area contributed by atoms with Crippen LogP contribution in [0.4, 0.5) is 0 Å². The molecule has 3 rings (SSSR count). The molecule has 1 atom stereocenters. The van der Waals surface area contributed by atoms with E-state index in [-0.39, 0.29) is 17.6 Å². The van der Waals surface area contributed by atoms with Gasteiger partial charge >= 0.3 is 0 Å². The highest BCUT2D eigenvalue weighted by Crippen LogP contribution is 2.15. The second-order valence-corrected chi connectivity index (χ2v) is 6.32. The van der Waals surface area contributed by atoms with E-state index in [2.05, 4.69) is 9.97 Å². The summed E-state index contributed by atoms with van der Waals surface area (Å²) in [5.74, 6) is 0.0107. The van der Waals surface area contributed by atoms with Crippen molar-refractivity contribution in [1.82, 2.24) is 14.9 Å². The molecular weight excluding hydrogens is 334 g/mol. The maximum Gasteiger partial charge on any atom is 0.254 e. The zero-order valence-electron chi connectivity index (χ0n) is 14.8. The number of rotatable bonds is 6. The molecule has 1 fully saturated rings. The number of nitrogens with zero attached hydrogens (tertiary/aromatic N) is 2. The molecular formula is C19H23N3O4. The fourth-order valence-electron chi connectivity index (χ4n) is 3.03. The number of carbonyl (C=O) groups excluding carboxylic acids is 1. The fraction of sp³-hybridized carbons (Fsp3) is 0.421. The van der Waals surface area contributed by atoms with Crippen molar-refractivity contribution in [2.24, 2.45) is 0 Å². The standard InChI is InChI=1S/C19H23N3O4/c1-25-12-14-2-4-15(5-3-14)19(24)22-8-9-26-17(11-22)7-6-16-10-18(23)21-13-20-16/h2-5,10,13,17H,6-9,11-12H2,1H3,(H,20,21,23)/t17-/m0/s1. The number of nitrogens with one attached hydrogen (secondary N) is 1. The Balaban J connectivity index is 1.57. The lowest BCUT2D eigenvalue weighted by molar-refractivity contribution is -0.0247. The molecule has 7 nitrogen and oxygen atoms in total. The Morgan fingerprint density at radius 2 is 2.19 bits per heavy atom. The zero-order valence-corrected chi connectivity index (χ0v) is 14.8. The minimum Gasteiger partial charge on any atom is -0.380 e. The molecule has 1 amide bonds. The van der Waals surface area contributed by atoms with Crippen molar-refractivity contribution in [2.45, 2.75) is 25.6 Å². The van der Waals surface area contributed by atoms with Crippen LogP contribution in [-0.2, 0) is 22.5 Å². The molecule has 0 unspecified atom stereocenters. The number of amides is 1. The number of benzene rings is 1. The van der Waals surface area contributed by atoms with Crippen LogP contribution in [0.2, 0.25) is 0 Å². The second kappa shape index (κ2) is 8.73. The third kappa shape index (κ3) is 4.77. The number of hydrogen-bond donors (Lipinski definition) is 1. The van der Waals surface area contributed by atoms with Gasteiger partial charge in [0, 0.05) is 37.5 Å². The summed E-state index contributed by atoms with van der Waals surface area (Å²) in [6.07, 6.45) is 2.71. The highest BCUT2D eigenvalue weighted by atomic mass is 16.5. The van der Waals surface area contributed by atoms with E-state index in [1.165, 1.54) is 12.4 Å². The van der Waals surface area contributed by atoms with Crippen LogP contribution in [0.15, 0.2) is 41.5 Å². The van der Waals surface area contributed by atoms with Crippen molar-refractivity contribution in [1.29, 1.82) is 0 Å². The largest absolute Gasteiger partial charge is 0.380 e. The van der Waals surface area contributed by atoms with Crippen LogP contribution < -0.4 is 5.56 Å². The molecule has 0 radical (unpaired) electrons. The Morgan fingerprint density at radius 3 is 2.92 bits per heavy atom. The average Bonchev–Trinajstić information content (AvgIpc) is 2.67. The van der Waals surface area contributed by atoms with Crippen LogP contribution in [0.1, 0.15) is 28.0 Å². The van der Waals surface area contributed by atoms with Crippen LogP contribution >= 0.6 is 0 Å². The highest BCUT2D eigenvalue weighted by Gasteiger charge is 2.25. The predicted octanol–water partition coefficient (Wildman–Crippen LogP) is 1.39. The van der Waals surface area contributed by atoms with Crippen LogP contribution in [0.3, 0.4) is 0 Å². The zero-order chi connectivity index (χ0) is 18.4. The average molecular weight is 357 g/mol. The lowest BCUT2D eigenvalue weighted by Crippen LogP contribution is -2.45. The van der Waals surface area contributed by atoms with Crippen molar-refractivity contribution in [3.8, 4) is 0 Å². The lowest BCUT2D eigenvalue weighted by Gasteiger charge is -2.33. The molecule has 0 spiro atoms. The van der Waals surface area contributed by atoms with Crippen molar-refractivity contribution < 1.29 is 14.3 Å². The third-order valence-corrected chi connectivity index (χ3v) is 4.40. The summed E-state index contributed by atoms with van der Waals surface area (Å²) in [5, 5.41) is 0. The Morgan fingerprint density at radius 1 is 1.38 bits per heavy atom. The molecule has 26 heavy (non-hydrogen) atoms. The highest BCUT2D eigenvalue weighted by molar-refractivity contribution is 5.94. The van der Waals surface area contributed by atoms with Crippen molar-refractivity contribution in [3.63, 3.8) is 0 Å². The smallest absolute Gasteiger partial charge is 0.254 e. The van der Waals surface area contributed by atoms with E-state index in [1.54, 1.807) is 7.11 Å². The maximum atomic E-state index is 12.7. The van der Waals surface area contributed by atoms with Gasteiger partial charge in [-0.1, -0.05) is 12.1 Å². The van der Waals surface area contributed by atoms with Gasteiger partial charge in [0.15, 0.2) is 0 Å². The van der Waals surface area contributed by atoms with Gasteiger partial charge in [-0.15, -0.1) is 0 Å². The Bertz CT molecular complexity index is 788. The first-order chi connectivity index (χ1) is 12.7. The number of aryl methyl sites for hydroxylation is 1. The van der Waals surface area contributed by atoms with Gasteiger partial charge in [0.25, 0.3) is 11.5 Å². The summed E-state index contributed by atoms with van der Waals surface area (Å²) in [6.45, 7) is 2.17. The summed E-state index contributed by atoms with van der Waals surface area (Å²) < 4.78 is 10.9. The van der Waals surface area contributed by atoms with Gasteiger partial charge in [0.05, 0.1) is 25.6 Å². The summed E-state index contributed by atoms with van der Waals surface area (Å²) in [4.78, 5) is 32.5. The van der Waals surface area contributed by atoms with Crippen molar-refractivity contribution in [3.05, 3.63) is 63.8 Å². The van der Waals surface area contributed by atoms with Gasteiger partial charge in [0.2, 0.25) is 0 Å². The van der Waals surface area contributed by atoms with E-state index < -0.39 is 0 Å². The molecule has 7 heteroatoms. The Hall–Kier alpha value is -2.51. The minimum absolute atomic E-state index is 0.0107. The van der Waals surface area contributed by atoms with Gasteiger partial charge < -0.3 is 19.4 Å². The molecule has 1 aromatic carbocycles. The van der Waals surface area contributed by atoms with E-state index in [0.717, 1.165) is 11.3 Å². The number of methoxy groups -OCH3 is 1. The molecule has 0 aliphatic carbocycles. The Labute approximate surface area is 152 Å². The van der Waals surface area contributed by atoms with Gasteiger partial charge in [-0.2, -0.15) is 0 Å². The number of ether oxygens (including phenoxy) is 2. The van der Waals surface area contributed by atoms with Crippen LogP contribution in [0, 0.1) is 0 Å². The van der Waals surface area contributed by atoms with E-state index in [9.17, 15) is 9.59 Å². The first kappa shape index (κ1) is 18.3. The first-order valence-corrected chi connectivity index (χ1v) is 8.68. The summed E-state index contributed by atoms with van der Waals surface area (Å²) in [7, 11) is 1.65. The van der Waals surface area contributed by atoms with Crippen LogP contribution in [-0.4, -0.2) is 53.7 Å². The normalized spacial score (nSPS) is 17.3. The summed E-state index contributed by atoms with van der Waals surface area (Å²) in [6, 6.07) is 8.98. The molecule has 1 aliphatic rings.